The Morgan fingerprint density at radius 2 is 2.12 bits per heavy atom. The quantitative estimate of drug-likeness (QED) is 0.850. The molecular formula is C14H17N3. The number of aryl methyl sites for hydroxylation is 1. The van der Waals surface area contributed by atoms with Crippen LogP contribution in [0.25, 0.3) is 0 Å². The van der Waals surface area contributed by atoms with Gasteiger partial charge in [-0.3, -0.25) is 4.68 Å². The zero-order valence-corrected chi connectivity index (χ0v) is 9.89. The fourth-order valence-electron chi connectivity index (χ4n) is 2.32. The maximum Gasteiger partial charge on any atom is 0.0794 e. The predicted octanol–water partition coefficient (Wildman–Crippen LogP) is 1.97. The van der Waals surface area contributed by atoms with Crippen LogP contribution in [0.5, 0.6) is 0 Å². The Labute approximate surface area is 101 Å². The molecule has 88 valence electrons. The largest absolute Gasteiger partial charge is 0.311 e. The summed E-state index contributed by atoms with van der Waals surface area (Å²) in [6, 6.07) is 10.5. The van der Waals surface area contributed by atoms with Gasteiger partial charge in [-0.05, 0) is 30.5 Å². The first-order chi connectivity index (χ1) is 8.42. The van der Waals surface area contributed by atoms with Crippen LogP contribution < -0.4 is 5.32 Å². The van der Waals surface area contributed by atoms with Gasteiger partial charge in [0, 0.05) is 12.7 Å². The molecule has 17 heavy (non-hydrogen) atoms. The van der Waals surface area contributed by atoms with E-state index in [2.05, 4.69) is 45.6 Å². The third-order valence-electron chi connectivity index (χ3n) is 3.20. The van der Waals surface area contributed by atoms with Crippen LogP contribution in [-0.2, 0) is 19.5 Å². The summed E-state index contributed by atoms with van der Waals surface area (Å²) in [7, 11) is 0. The summed E-state index contributed by atoms with van der Waals surface area (Å²) in [4.78, 5) is 0. The first kappa shape index (κ1) is 10.5. The Hall–Kier alpha value is -1.61. The molecule has 1 N–H and O–H groups in total. The second kappa shape index (κ2) is 4.72. The van der Waals surface area contributed by atoms with Crippen molar-refractivity contribution >= 4 is 0 Å². The van der Waals surface area contributed by atoms with Gasteiger partial charge in [0.25, 0.3) is 0 Å². The van der Waals surface area contributed by atoms with E-state index in [1.165, 1.54) is 23.2 Å². The van der Waals surface area contributed by atoms with Gasteiger partial charge < -0.3 is 5.32 Å². The molecule has 0 amide bonds. The van der Waals surface area contributed by atoms with E-state index in [4.69, 9.17) is 0 Å². The molecule has 0 atom stereocenters. The number of aromatic nitrogens is 2. The maximum atomic E-state index is 4.66. The van der Waals surface area contributed by atoms with Crippen LogP contribution >= 0.6 is 0 Å². The highest BCUT2D eigenvalue weighted by Crippen LogP contribution is 2.13. The predicted molar refractivity (Wildman–Crippen MR) is 67.8 cm³/mol. The molecule has 2 heterocycles. The van der Waals surface area contributed by atoms with Gasteiger partial charge >= 0.3 is 0 Å². The highest BCUT2D eigenvalue weighted by atomic mass is 15.3. The lowest BCUT2D eigenvalue weighted by atomic mass is 10.1. The summed E-state index contributed by atoms with van der Waals surface area (Å²) >= 11 is 0. The molecule has 1 aromatic carbocycles. The van der Waals surface area contributed by atoms with Crippen molar-refractivity contribution in [2.45, 2.75) is 25.9 Å². The number of nitrogens with zero attached hydrogens (tertiary/aromatic N) is 2. The molecule has 3 rings (SSSR count). The first-order valence-electron chi connectivity index (χ1n) is 6.22. The van der Waals surface area contributed by atoms with Gasteiger partial charge in [-0.25, -0.2) is 0 Å². The van der Waals surface area contributed by atoms with Gasteiger partial charge in [-0.1, -0.05) is 30.3 Å². The van der Waals surface area contributed by atoms with Gasteiger partial charge in [0.15, 0.2) is 0 Å². The van der Waals surface area contributed by atoms with Gasteiger partial charge in [0.1, 0.15) is 0 Å². The third kappa shape index (κ3) is 2.39. The molecule has 3 nitrogen and oxygen atoms in total. The van der Waals surface area contributed by atoms with E-state index in [9.17, 15) is 0 Å². The number of hydrogen-bond donors (Lipinski definition) is 1. The highest BCUT2D eigenvalue weighted by molar-refractivity contribution is 5.20. The molecule has 0 saturated carbocycles. The van der Waals surface area contributed by atoms with Gasteiger partial charge in [0.2, 0.25) is 0 Å². The molecule has 2 aromatic rings. The zero-order chi connectivity index (χ0) is 11.5. The van der Waals surface area contributed by atoms with Gasteiger partial charge in [0.05, 0.1) is 12.2 Å². The lowest BCUT2D eigenvalue weighted by Gasteiger charge is -2.02. The van der Waals surface area contributed by atoms with Gasteiger partial charge in [-0.15, -0.1) is 0 Å². The average molecular weight is 227 g/mol. The average Bonchev–Trinajstić information content (AvgIpc) is 2.60. The zero-order valence-electron chi connectivity index (χ0n) is 9.89. The van der Waals surface area contributed by atoms with Crippen molar-refractivity contribution in [2.24, 2.45) is 0 Å². The van der Waals surface area contributed by atoms with Crippen molar-refractivity contribution in [3.8, 4) is 0 Å². The maximum absolute atomic E-state index is 4.66. The lowest BCUT2D eigenvalue weighted by molar-refractivity contribution is 0.628. The number of nitrogens with one attached hydrogen (secondary N) is 1. The SMILES string of the molecule is c1ccc(Cn2cc3c(n2)CNCCC3)cc1. The Bertz CT molecular complexity index is 464. The normalized spacial score (nSPS) is 15.3. The number of rotatable bonds is 2. The van der Waals surface area contributed by atoms with E-state index < -0.39 is 0 Å². The first-order valence-corrected chi connectivity index (χ1v) is 6.22. The Morgan fingerprint density at radius 1 is 1.24 bits per heavy atom. The Morgan fingerprint density at radius 3 is 3.00 bits per heavy atom. The molecule has 0 bridgehead atoms. The molecular weight excluding hydrogens is 210 g/mol. The van der Waals surface area contributed by atoms with Crippen LogP contribution in [0.4, 0.5) is 0 Å². The van der Waals surface area contributed by atoms with Crippen molar-refractivity contribution in [3.05, 3.63) is 53.3 Å². The second-order valence-electron chi connectivity index (χ2n) is 4.56. The minimum absolute atomic E-state index is 0.869. The summed E-state index contributed by atoms with van der Waals surface area (Å²) in [5.41, 5.74) is 3.93. The standard InChI is InChI=1S/C14H17N3/c1-2-5-12(6-3-1)10-17-11-13-7-4-8-15-9-14(13)16-17/h1-3,5-6,11,15H,4,7-10H2. The molecule has 0 radical (unpaired) electrons. The Kier molecular flexibility index (Phi) is 2.92. The van der Waals surface area contributed by atoms with Crippen molar-refractivity contribution in [2.75, 3.05) is 6.54 Å². The van der Waals surface area contributed by atoms with Crippen LogP contribution in [0.1, 0.15) is 23.2 Å². The summed E-state index contributed by atoms with van der Waals surface area (Å²) in [5.74, 6) is 0. The van der Waals surface area contributed by atoms with Crippen molar-refractivity contribution in [3.63, 3.8) is 0 Å². The smallest absolute Gasteiger partial charge is 0.0794 e. The molecule has 0 unspecified atom stereocenters. The lowest BCUT2D eigenvalue weighted by Crippen LogP contribution is -2.13. The molecule has 0 fully saturated rings. The van der Waals surface area contributed by atoms with Crippen LogP contribution in [-0.4, -0.2) is 16.3 Å². The van der Waals surface area contributed by atoms with E-state index >= 15 is 0 Å². The van der Waals surface area contributed by atoms with Crippen LogP contribution in [0.15, 0.2) is 36.5 Å². The number of hydrogen-bond acceptors (Lipinski definition) is 2. The van der Waals surface area contributed by atoms with Crippen LogP contribution in [0.3, 0.4) is 0 Å². The molecule has 0 saturated heterocycles. The van der Waals surface area contributed by atoms with Crippen molar-refractivity contribution < 1.29 is 0 Å². The van der Waals surface area contributed by atoms with Crippen molar-refractivity contribution in [1.29, 1.82) is 0 Å². The van der Waals surface area contributed by atoms with E-state index in [1.807, 2.05) is 6.07 Å². The minimum Gasteiger partial charge on any atom is -0.311 e. The summed E-state index contributed by atoms with van der Waals surface area (Å²) in [6.07, 6.45) is 4.57. The van der Waals surface area contributed by atoms with E-state index in [1.54, 1.807) is 0 Å². The second-order valence-corrected chi connectivity index (χ2v) is 4.56. The minimum atomic E-state index is 0.869. The summed E-state index contributed by atoms with van der Waals surface area (Å²) < 4.78 is 2.06. The van der Waals surface area contributed by atoms with Crippen LogP contribution in [0, 0.1) is 0 Å². The van der Waals surface area contributed by atoms with E-state index in [0.717, 1.165) is 26.1 Å². The van der Waals surface area contributed by atoms with E-state index in [0.29, 0.717) is 0 Å². The van der Waals surface area contributed by atoms with Crippen molar-refractivity contribution in [1.82, 2.24) is 15.1 Å². The molecule has 1 aliphatic heterocycles. The fraction of sp³-hybridized carbons (Fsp3) is 0.357. The molecule has 1 aliphatic rings. The van der Waals surface area contributed by atoms with Crippen LogP contribution in [0.2, 0.25) is 0 Å². The molecule has 1 aromatic heterocycles. The molecule has 0 aliphatic carbocycles. The molecule has 3 heteroatoms. The topological polar surface area (TPSA) is 29.9 Å². The third-order valence-corrected chi connectivity index (χ3v) is 3.20. The van der Waals surface area contributed by atoms with E-state index in [-0.39, 0.29) is 0 Å². The van der Waals surface area contributed by atoms with Gasteiger partial charge in [-0.2, -0.15) is 5.10 Å². The molecule has 0 spiro atoms. The number of benzene rings is 1. The monoisotopic (exact) mass is 227 g/mol. The number of fused-ring (bicyclic) bond motifs is 1. The summed E-state index contributed by atoms with van der Waals surface area (Å²) in [6.45, 7) is 2.89. The highest BCUT2D eigenvalue weighted by Gasteiger charge is 2.11. The fourth-order valence-corrected chi connectivity index (χ4v) is 2.32. The summed E-state index contributed by atoms with van der Waals surface area (Å²) in [5, 5.41) is 8.07. The Balaban J connectivity index is 1.81.